The van der Waals surface area contributed by atoms with E-state index >= 15 is 0 Å². The summed E-state index contributed by atoms with van der Waals surface area (Å²) in [4.78, 5) is 10.6. The largest absolute Gasteiger partial charge is 0.710 e. The molecule has 1 N–H and O–H groups in total. The number of hydrogen-bond donors (Lipinski definition) is 1. The zero-order valence-corrected chi connectivity index (χ0v) is 14.4. The standard InChI is InChI=1S/C21H13N3O4/c25-22-19-17-10-3-1-8-15(17)16-9-2-4-11-18(16)20(19)23(26)21(22)13-6-5-7-14(12-13)24(27)28/h1-12,25H. The monoisotopic (exact) mass is 371 g/mol. The number of non-ortho nitro benzene ring substituents is 1. The molecule has 7 heteroatoms. The molecule has 0 saturated heterocycles. The SMILES string of the molecule is O=[N+]([O-])c1cccc(-c2n(O)c3c4ccccc4c4ccccc4c3[n+]2[O-])c1. The average molecular weight is 371 g/mol. The Morgan fingerprint density at radius 1 is 0.857 bits per heavy atom. The molecule has 1 heterocycles. The van der Waals surface area contributed by atoms with Crippen molar-refractivity contribution in [3.8, 4) is 11.4 Å². The minimum Gasteiger partial charge on any atom is -0.710 e. The maximum absolute atomic E-state index is 13.3. The molecule has 1 aromatic heterocycles. The number of aromatic nitrogens is 2. The van der Waals surface area contributed by atoms with Crippen LogP contribution in [0.25, 0.3) is 44.0 Å². The Kier molecular flexibility index (Phi) is 3.26. The van der Waals surface area contributed by atoms with E-state index in [1.165, 1.54) is 18.2 Å². The van der Waals surface area contributed by atoms with Crippen LogP contribution in [0.15, 0.2) is 72.8 Å². The maximum Gasteiger partial charge on any atom is 0.332 e. The van der Waals surface area contributed by atoms with Crippen molar-refractivity contribution in [1.82, 2.24) is 4.73 Å². The number of nitro groups is 1. The number of rotatable bonds is 2. The molecule has 5 rings (SSSR count). The van der Waals surface area contributed by atoms with Crippen LogP contribution in [-0.4, -0.2) is 14.9 Å². The summed E-state index contributed by atoms with van der Waals surface area (Å²) in [5, 5.41) is 38.5. The molecular formula is C21H13N3O4. The molecule has 0 aliphatic carbocycles. The summed E-state index contributed by atoms with van der Waals surface area (Å²) >= 11 is 0. The van der Waals surface area contributed by atoms with Crippen molar-refractivity contribution in [3.05, 3.63) is 88.1 Å². The van der Waals surface area contributed by atoms with Crippen molar-refractivity contribution in [2.75, 3.05) is 0 Å². The lowest BCUT2D eigenvalue weighted by Crippen LogP contribution is -2.28. The predicted octanol–water partition coefficient (Wildman–Crippen LogP) is 4.39. The molecule has 0 bridgehead atoms. The molecular weight excluding hydrogens is 358 g/mol. The topological polar surface area (TPSA) is 95.2 Å². The first-order valence-electron chi connectivity index (χ1n) is 8.59. The minimum absolute atomic E-state index is 0.0693. The molecule has 0 amide bonds. The van der Waals surface area contributed by atoms with Gasteiger partial charge in [0.2, 0.25) is 5.52 Å². The van der Waals surface area contributed by atoms with E-state index in [0.717, 1.165) is 20.9 Å². The quantitative estimate of drug-likeness (QED) is 0.124. The number of imidazole rings is 1. The van der Waals surface area contributed by atoms with Gasteiger partial charge in [-0.05, 0) is 33.7 Å². The van der Waals surface area contributed by atoms with Crippen LogP contribution in [0.2, 0.25) is 0 Å². The van der Waals surface area contributed by atoms with E-state index in [1.54, 1.807) is 6.07 Å². The third-order valence-corrected chi connectivity index (χ3v) is 5.00. The van der Waals surface area contributed by atoms with E-state index in [0.29, 0.717) is 21.2 Å². The predicted molar refractivity (Wildman–Crippen MR) is 105 cm³/mol. The zero-order valence-electron chi connectivity index (χ0n) is 14.4. The lowest BCUT2D eigenvalue weighted by atomic mass is 10.00. The summed E-state index contributed by atoms with van der Waals surface area (Å²) in [5.41, 5.74) is 0.789. The van der Waals surface area contributed by atoms with E-state index in [1.807, 2.05) is 48.5 Å². The number of nitrogens with zero attached hydrogens (tertiary/aromatic N) is 3. The van der Waals surface area contributed by atoms with Crippen molar-refractivity contribution >= 4 is 38.3 Å². The average Bonchev–Trinajstić information content (AvgIpc) is 2.99. The Labute approximate surface area is 158 Å². The highest BCUT2D eigenvalue weighted by Crippen LogP contribution is 2.35. The highest BCUT2D eigenvalue weighted by molar-refractivity contribution is 6.22. The fourth-order valence-electron chi connectivity index (χ4n) is 3.82. The van der Waals surface area contributed by atoms with Crippen molar-refractivity contribution in [2.24, 2.45) is 0 Å². The molecule has 0 radical (unpaired) electrons. The summed E-state index contributed by atoms with van der Waals surface area (Å²) in [5.74, 6) is -0.0693. The van der Waals surface area contributed by atoms with Crippen LogP contribution in [0.3, 0.4) is 0 Å². The van der Waals surface area contributed by atoms with Crippen molar-refractivity contribution < 1.29 is 14.9 Å². The molecule has 136 valence electrons. The van der Waals surface area contributed by atoms with Crippen LogP contribution >= 0.6 is 0 Å². The summed E-state index contributed by atoms with van der Waals surface area (Å²) < 4.78 is 1.47. The molecule has 4 aromatic carbocycles. The van der Waals surface area contributed by atoms with Crippen LogP contribution in [0, 0.1) is 15.3 Å². The van der Waals surface area contributed by atoms with Gasteiger partial charge >= 0.3 is 5.82 Å². The van der Waals surface area contributed by atoms with Gasteiger partial charge in [-0.15, -0.1) is 0 Å². The Bertz CT molecular complexity index is 1340. The van der Waals surface area contributed by atoms with Crippen LogP contribution < -0.4 is 4.73 Å². The van der Waals surface area contributed by atoms with Crippen molar-refractivity contribution in [2.45, 2.75) is 0 Å². The maximum atomic E-state index is 13.3. The molecule has 0 atom stereocenters. The van der Waals surface area contributed by atoms with E-state index < -0.39 is 4.92 Å². The molecule has 0 fully saturated rings. The first kappa shape index (κ1) is 16.1. The van der Waals surface area contributed by atoms with Gasteiger partial charge in [0.1, 0.15) is 0 Å². The highest BCUT2D eigenvalue weighted by Gasteiger charge is 2.28. The van der Waals surface area contributed by atoms with Crippen LogP contribution in [0.1, 0.15) is 0 Å². The first-order chi connectivity index (χ1) is 13.6. The van der Waals surface area contributed by atoms with Crippen LogP contribution in [0.5, 0.6) is 0 Å². The van der Waals surface area contributed by atoms with Crippen molar-refractivity contribution in [1.29, 1.82) is 0 Å². The fraction of sp³-hybridized carbons (Fsp3) is 0. The third-order valence-electron chi connectivity index (χ3n) is 5.00. The highest BCUT2D eigenvalue weighted by atomic mass is 16.6. The van der Waals surface area contributed by atoms with Gasteiger partial charge in [-0.1, -0.05) is 42.5 Å². The van der Waals surface area contributed by atoms with Gasteiger partial charge in [0, 0.05) is 22.9 Å². The number of nitro benzene ring substituents is 1. The van der Waals surface area contributed by atoms with E-state index in [9.17, 15) is 20.5 Å². The molecule has 28 heavy (non-hydrogen) atoms. The van der Waals surface area contributed by atoms with E-state index in [4.69, 9.17) is 0 Å². The van der Waals surface area contributed by atoms with Gasteiger partial charge in [-0.25, -0.2) is 4.73 Å². The van der Waals surface area contributed by atoms with Gasteiger partial charge in [0.25, 0.3) is 5.69 Å². The summed E-state index contributed by atoms with van der Waals surface area (Å²) in [6.45, 7) is 0. The second kappa shape index (κ2) is 5.68. The van der Waals surface area contributed by atoms with Gasteiger partial charge in [0.15, 0.2) is 5.52 Å². The van der Waals surface area contributed by atoms with E-state index in [2.05, 4.69) is 0 Å². The minimum atomic E-state index is -0.534. The first-order valence-corrected chi connectivity index (χ1v) is 8.59. The number of hydrogen-bond acceptors (Lipinski definition) is 4. The second-order valence-corrected chi connectivity index (χ2v) is 6.53. The molecule has 0 aliphatic rings. The van der Waals surface area contributed by atoms with Gasteiger partial charge in [0.05, 0.1) is 10.5 Å². The number of benzene rings is 4. The lowest BCUT2D eigenvalue weighted by molar-refractivity contribution is -0.566. The molecule has 5 aromatic rings. The third kappa shape index (κ3) is 2.07. The fourth-order valence-corrected chi connectivity index (χ4v) is 3.82. The van der Waals surface area contributed by atoms with Crippen LogP contribution in [0.4, 0.5) is 5.69 Å². The van der Waals surface area contributed by atoms with E-state index in [-0.39, 0.29) is 17.1 Å². The van der Waals surface area contributed by atoms with Gasteiger partial charge in [-0.3, -0.25) is 10.1 Å². The zero-order chi connectivity index (χ0) is 19.4. The smallest absolute Gasteiger partial charge is 0.332 e. The Hall–Kier alpha value is -4.13. The molecule has 0 spiro atoms. The lowest BCUT2D eigenvalue weighted by Gasteiger charge is -2.06. The molecule has 0 aliphatic heterocycles. The summed E-state index contributed by atoms with van der Waals surface area (Å²) in [6, 6.07) is 20.7. The molecule has 7 nitrogen and oxygen atoms in total. The second-order valence-electron chi connectivity index (χ2n) is 6.53. The van der Waals surface area contributed by atoms with Gasteiger partial charge < -0.3 is 10.4 Å². The number of fused-ring (bicyclic) bond motifs is 6. The summed E-state index contributed by atoms with van der Waals surface area (Å²) in [7, 11) is 0. The Morgan fingerprint density at radius 3 is 2.14 bits per heavy atom. The summed E-state index contributed by atoms with van der Waals surface area (Å²) in [6.07, 6.45) is 0. The van der Waals surface area contributed by atoms with Gasteiger partial charge in [-0.2, -0.15) is 0 Å². The Balaban J connectivity index is 1.99. The normalized spacial score (nSPS) is 11.4. The van der Waals surface area contributed by atoms with Crippen molar-refractivity contribution in [3.63, 3.8) is 0 Å². The molecule has 0 unspecified atom stereocenters. The molecule has 0 saturated carbocycles. The van der Waals surface area contributed by atoms with Crippen LogP contribution in [-0.2, 0) is 0 Å². The Morgan fingerprint density at radius 2 is 1.46 bits per heavy atom.